The third-order valence-electron chi connectivity index (χ3n) is 4.04. The predicted molar refractivity (Wildman–Crippen MR) is 103 cm³/mol. The van der Waals surface area contributed by atoms with E-state index in [0.29, 0.717) is 19.3 Å². The van der Waals surface area contributed by atoms with Crippen LogP contribution in [0.5, 0.6) is 0 Å². The molecule has 0 bridgehead atoms. The predicted octanol–water partition coefficient (Wildman–Crippen LogP) is 4.43. The van der Waals surface area contributed by atoms with Crippen molar-refractivity contribution in [1.82, 2.24) is 0 Å². The van der Waals surface area contributed by atoms with Gasteiger partial charge in [0.15, 0.2) is 5.92 Å². The van der Waals surface area contributed by atoms with Gasteiger partial charge >= 0.3 is 23.9 Å². The Morgan fingerprint density at radius 1 is 0.704 bits per heavy atom. The average molecular weight is 380 g/mol. The molecule has 0 aromatic heterocycles. The van der Waals surface area contributed by atoms with Gasteiger partial charge < -0.3 is 9.47 Å². The van der Waals surface area contributed by atoms with Crippen LogP contribution in [-0.4, -0.2) is 23.9 Å². The van der Waals surface area contributed by atoms with Crippen LogP contribution >= 0.6 is 0 Å². The molecule has 0 heterocycles. The summed E-state index contributed by atoms with van der Waals surface area (Å²) in [7, 11) is 0. The first-order valence-corrected chi connectivity index (χ1v) is 9.65. The average Bonchev–Trinajstić information content (AvgIpc) is 2.63. The van der Waals surface area contributed by atoms with Gasteiger partial charge in [0.1, 0.15) is 0 Å². The Morgan fingerprint density at radius 3 is 1.41 bits per heavy atom. The summed E-state index contributed by atoms with van der Waals surface area (Å²) in [5.74, 6) is -5.04. The Bertz CT molecular complexity index is 515. The molecule has 0 fully saturated rings. The lowest BCUT2D eigenvalue weighted by Gasteiger charge is -2.14. The van der Waals surface area contributed by atoms with Crippen molar-refractivity contribution in [3.8, 4) is 0 Å². The molecule has 27 heavy (non-hydrogen) atoms. The van der Waals surface area contributed by atoms with E-state index in [2.05, 4.69) is 13.2 Å². The molecule has 0 radical (unpaired) electrons. The van der Waals surface area contributed by atoms with E-state index >= 15 is 0 Å². The summed E-state index contributed by atoms with van der Waals surface area (Å²) < 4.78 is 9.57. The maximum Gasteiger partial charge on any atom is 0.341 e. The van der Waals surface area contributed by atoms with Crippen LogP contribution in [-0.2, 0) is 28.7 Å². The third kappa shape index (κ3) is 9.87. The van der Waals surface area contributed by atoms with Gasteiger partial charge in [-0.15, -0.1) is 0 Å². The Kier molecular flexibility index (Phi) is 12.7. The van der Waals surface area contributed by atoms with Crippen LogP contribution in [0.2, 0.25) is 0 Å². The fourth-order valence-corrected chi connectivity index (χ4v) is 2.19. The van der Waals surface area contributed by atoms with E-state index in [1.807, 2.05) is 20.8 Å². The number of rotatable bonds is 13. The van der Waals surface area contributed by atoms with Crippen molar-refractivity contribution in [2.24, 2.45) is 5.92 Å². The van der Waals surface area contributed by atoms with Gasteiger partial charge in [-0.3, -0.25) is 9.59 Å². The zero-order valence-electron chi connectivity index (χ0n) is 16.8. The van der Waals surface area contributed by atoms with E-state index in [4.69, 9.17) is 9.47 Å². The summed E-state index contributed by atoms with van der Waals surface area (Å²) in [5, 5.41) is 0. The number of unbranched alkanes of at least 4 members (excludes halogenated alkanes) is 3. The first-order chi connectivity index (χ1) is 12.8. The summed E-state index contributed by atoms with van der Waals surface area (Å²) in [6.45, 7) is 13.0. The molecule has 0 spiro atoms. The molecule has 0 N–H and O–H groups in total. The molecule has 0 aromatic rings. The highest BCUT2D eigenvalue weighted by Crippen LogP contribution is 2.17. The van der Waals surface area contributed by atoms with Crippen molar-refractivity contribution in [2.45, 2.75) is 78.6 Å². The van der Waals surface area contributed by atoms with Crippen molar-refractivity contribution in [2.75, 3.05) is 0 Å². The number of esters is 4. The lowest BCUT2D eigenvalue weighted by molar-refractivity contribution is -0.169. The lowest BCUT2D eigenvalue weighted by Crippen LogP contribution is -2.31. The van der Waals surface area contributed by atoms with Gasteiger partial charge in [0.05, 0.1) is 0 Å². The molecule has 0 aliphatic rings. The van der Waals surface area contributed by atoms with Crippen LogP contribution in [0.15, 0.2) is 24.3 Å². The van der Waals surface area contributed by atoms with Crippen molar-refractivity contribution in [1.29, 1.82) is 0 Å². The van der Waals surface area contributed by atoms with Gasteiger partial charge in [-0.25, -0.2) is 9.59 Å². The molecule has 0 aromatic carbocycles. The van der Waals surface area contributed by atoms with Gasteiger partial charge in [0.2, 0.25) is 0 Å². The second-order valence-corrected chi connectivity index (χ2v) is 6.53. The lowest BCUT2D eigenvalue weighted by atomic mass is 10.0. The van der Waals surface area contributed by atoms with Gasteiger partial charge in [0, 0.05) is 11.1 Å². The second-order valence-electron chi connectivity index (χ2n) is 6.53. The maximum atomic E-state index is 12.3. The molecule has 0 atom stereocenters. The summed E-state index contributed by atoms with van der Waals surface area (Å²) in [6.07, 6.45) is 5.49. The molecule has 6 nitrogen and oxygen atoms in total. The van der Waals surface area contributed by atoms with Crippen LogP contribution in [0.1, 0.15) is 78.6 Å². The normalized spacial score (nSPS) is 10.4. The van der Waals surface area contributed by atoms with Crippen LogP contribution in [0.3, 0.4) is 0 Å². The summed E-state index contributed by atoms with van der Waals surface area (Å²) in [6, 6.07) is 0. The SMILES string of the molecule is C=C(CCCC)C(=O)OC(=O)C(CCCC)C(=O)OC(=O)C(=C)CCCC. The van der Waals surface area contributed by atoms with Crippen molar-refractivity contribution < 1.29 is 28.7 Å². The number of carbonyl (C=O) groups excluding carboxylic acids is 4. The molecule has 0 amide bonds. The molecule has 0 rings (SSSR count). The maximum absolute atomic E-state index is 12.3. The fraction of sp³-hybridized carbons (Fsp3) is 0.619. The van der Waals surface area contributed by atoms with Crippen LogP contribution in [0.4, 0.5) is 0 Å². The number of hydrogen-bond donors (Lipinski definition) is 0. The molecule has 0 saturated heterocycles. The summed E-state index contributed by atoms with van der Waals surface area (Å²) in [5.41, 5.74) is 0.355. The summed E-state index contributed by atoms with van der Waals surface area (Å²) in [4.78, 5) is 48.4. The molecule has 0 saturated carbocycles. The minimum Gasteiger partial charge on any atom is -0.389 e. The minimum absolute atomic E-state index is 0.137. The Morgan fingerprint density at radius 2 is 1.07 bits per heavy atom. The first-order valence-electron chi connectivity index (χ1n) is 9.65. The topological polar surface area (TPSA) is 86.7 Å². The quantitative estimate of drug-likeness (QED) is 0.267. The number of ether oxygens (including phenoxy) is 2. The van der Waals surface area contributed by atoms with Gasteiger partial charge in [-0.05, 0) is 32.1 Å². The molecule has 0 aliphatic carbocycles. The Labute approximate surface area is 162 Å². The van der Waals surface area contributed by atoms with Gasteiger partial charge in [-0.2, -0.15) is 0 Å². The van der Waals surface area contributed by atoms with Gasteiger partial charge in [-0.1, -0.05) is 59.6 Å². The minimum atomic E-state index is -1.32. The molecule has 152 valence electrons. The van der Waals surface area contributed by atoms with E-state index in [1.165, 1.54) is 0 Å². The molecular weight excluding hydrogens is 348 g/mol. The number of carbonyl (C=O) groups is 4. The molecule has 0 aliphatic heterocycles. The molecule has 0 unspecified atom stereocenters. The third-order valence-corrected chi connectivity index (χ3v) is 4.04. The van der Waals surface area contributed by atoms with Crippen LogP contribution in [0, 0.1) is 5.92 Å². The first kappa shape index (κ1) is 24.8. The van der Waals surface area contributed by atoms with E-state index in [1.54, 1.807) is 0 Å². The highest BCUT2D eigenvalue weighted by Gasteiger charge is 2.33. The van der Waals surface area contributed by atoms with Crippen molar-refractivity contribution in [3.63, 3.8) is 0 Å². The highest BCUT2D eigenvalue weighted by molar-refractivity contribution is 6.06. The Hall–Kier alpha value is -2.24. The van der Waals surface area contributed by atoms with Crippen LogP contribution in [0.25, 0.3) is 0 Å². The smallest absolute Gasteiger partial charge is 0.341 e. The molecular formula is C21H32O6. The second kappa shape index (κ2) is 13.9. The highest BCUT2D eigenvalue weighted by atomic mass is 16.6. The largest absolute Gasteiger partial charge is 0.389 e. The van der Waals surface area contributed by atoms with E-state index in [9.17, 15) is 19.2 Å². The van der Waals surface area contributed by atoms with Crippen LogP contribution < -0.4 is 0 Å². The zero-order valence-corrected chi connectivity index (χ0v) is 16.8. The Balaban J connectivity index is 4.92. The van der Waals surface area contributed by atoms with Crippen molar-refractivity contribution >= 4 is 23.9 Å². The summed E-state index contributed by atoms with van der Waals surface area (Å²) >= 11 is 0. The van der Waals surface area contributed by atoms with E-state index in [0.717, 1.165) is 32.1 Å². The monoisotopic (exact) mass is 380 g/mol. The fourth-order valence-electron chi connectivity index (χ4n) is 2.19. The zero-order chi connectivity index (χ0) is 20.8. The molecule has 6 heteroatoms. The number of hydrogen-bond acceptors (Lipinski definition) is 6. The standard InChI is InChI=1S/C21H32O6/c1-6-9-12-15(4)18(22)26-20(24)17(14-11-8-3)21(25)27-19(23)16(5)13-10-7-2/h17H,4-14H2,1-3H3. The van der Waals surface area contributed by atoms with Gasteiger partial charge in [0.25, 0.3) is 0 Å². The van der Waals surface area contributed by atoms with E-state index in [-0.39, 0.29) is 17.6 Å². The van der Waals surface area contributed by atoms with Crippen molar-refractivity contribution in [3.05, 3.63) is 24.3 Å². The van der Waals surface area contributed by atoms with E-state index < -0.39 is 29.8 Å².